The number of nitrogens with zero attached hydrogens (tertiary/aromatic N) is 2. The maximum atomic E-state index is 13.3. The molecule has 4 atom stereocenters. The topological polar surface area (TPSA) is 65.8 Å². The van der Waals surface area contributed by atoms with E-state index < -0.39 is 11.6 Å². The Balaban J connectivity index is 1.31. The summed E-state index contributed by atoms with van der Waals surface area (Å²) in [6.45, 7) is 2.54. The Kier molecular flexibility index (Phi) is 5.46. The third kappa shape index (κ3) is 4.25. The molecule has 28 heavy (non-hydrogen) atoms. The Hall–Kier alpha value is -2.25. The average Bonchev–Trinajstić information content (AvgIpc) is 3.17. The van der Waals surface area contributed by atoms with E-state index in [9.17, 15) is 19.0 Å². The summed E-state index contributed by atoms with van der Waals surface area (Å²) in [6, 6.07) is 6.62. The molecule has 2 fully saturated rings. The number of rotatable bonds is 6. The Morgan fingerprint density at radius 3 is 2.36 bits per heavy atom. The lowest BCUT2D eigenvalue weighted by molar-refractivity contribution is 0.174. The Bertz CT molecular complexity index is 784. The number of halogens is 2. The summed E-state index contributed by atoms with van der Waals surface area (Å²) in [5, 5.41) is 19.1. The lowest BCUT2D eigenvalue weighted by Crippen LogP contribution is -2.30. The fourth-order valence-corrected chi connectivity index (χ4v) is 4.57. The number of likely N-dealkylation sites (tertiary alicyclic amines) is 1. The van der Waals surface area contributed by atoms with Crippen LogP contribution in [0.2, 0.25) is 0 Å². The fourth-order valence-electron chi connectivity index (χ4n) is 4.57. The number of aliphatic hydroxyl groups excluding tert-OH is 1. The number of hydrogen-bond donors (Lipinski definition) is 2. The van der Waals surface area contributed by atoms with Gasteiger partial charge in [0, 0.05) is 49.4 Å². The van der Waals surface area contributed by atoms with Crippen molar-refractivity contribution in [2.24, 2.45) is 11.8 Å². The Morgan fingerprint density at radius 2 is 1.79 bits per heavy atom. The zero-order valence-electron chi connectivity index (χ0n) is 15.5. The molecule has 0 radical (unpaired) electrons. The Labute approximate surface area is 162 Å². The molecule has 4 rings (SSSR count). The van der Waals surface area contributed by atoms with Crippen LogP contribution < -0.4 is 4.74 Å². The van der Waals surface area contributed by atoms with Gasteiger partial charge >= 0.3 is 0 Å². The van der Waals surface area contributed by atoms with Gasteiger partial charge in [0.15, 0.2) is 0 Å². The van der Waals surface area contributed by atoms with E-state index in [-0.39, 0.29) is 30.1 Å². The number of fused-ring (bicyclic) bond motifs is 1. The van der Waals surface area contributed by atoms with Crippen molar-refractivity contribution in [2.75, 3.05) is 26.2 Å². The van der Waals surface area contributed by atoms with Crippen molar-refractivity contribution in [1.29, 1.82) is 0 Å². The molecule has 7 heteroatoms. The summed E-state index contributed by atoms with van der Waals surface area (Å²) in [7, 11) is 0. The van der Waals surface area contributed by atoms with Crippen LogP contribution in [0.5, 0.6) is 11.5 Å². The van der Waals surface area contributed by atoms with E-state index in [0.29, 0.717) is 18.4 Å². The molecule has 2 heterocycles. The van der Waals surface area contributed by atoms with E-state index in [1.54, 1.807) is 12.1 Å². The molecule has 2 aromatic rings. The normalized spacial score (nSPS) is 25.6. The number of hydrogen-bond acceptors (Lipinski definition) is 5. The molecule has 1 saturated heterocycles. The second kappa shape index (κ2) is 8.01. The molecule has 150 valence electrons. The van der Waals surface area contributed by atoms with Crippen LogP contribution in [-0.4, -0.2) is 52.4 Å². The van der Waals surface area contributed by atoms with Crippen LogP contribution in [0.4, 0.5) is 8.78 Å². The monoisotopic (exact) mass is 390 g/mol. The zero-order chi connectivity index (χ0) is 19.7. The van der Waals surface area contributed by atoms with Gasteiger partial charge in [-0.25, -0.2) is 8.78 Å². The van der Waals surface area contributed by atoms with Crippen molar-refractivity contribution in [2.45, 2.75) is 24.9 Å². The SMILES string of the molecule is OCC(CN1C[C@H]2CC(Oc3cc(F)cc(F)c3)C[C@H]2C1)c1ccc(O)cn1. The second-order valence-electron chi connectivity index (χ2n) is 7.88. The fraction of sp³-hybridized carbons (Fsp3) is 0.476. The minimum Gasteiger partial charge on any atom is -0.506 e. The number of aromatic hydroxyl groups is 1. The van der Waals surface area contributed by atoms with Crippen molar-refractivity contribution in [3.63, 3.8) is 0 Å². The van der Waals surface area contributed by atoms with E-state index in [1.165, 1.54) is 18.3 Å². The van der Waals surface area contributed by atoms with Gasteiger partial charge < -0.3 is 19.8 Å². The standard InChI is InChI=1S/C21H24F2N2O3/c22-16-5-17(23)7-20(6-16)28-19-3-13-9-25(10-14(13)4-19)11-15(12-26)21-2-1-18(27)8-24-21/h1-2,5-8,13-15,19,26-27H,3-4,9-12H2/t13-,14+,15?,19?. The molecule has 2 aliphatic rings. The number of ether oxygens (including phenoxy) is 1. The summed E-state index contributed by atoms with van der Waals surface area (Å²) in [6.07, 6.45) is 3.10. The van der Waals surface area contributed by atoms with Crippen molar-refractivity contribution in [3.05, 3.63) is 53.9 Å². The van der Waals surface area contributed by atoms with Gasteiger partial charge in [-0.3, -0.25) is 4.98 Å². The highest BCUT2D eigenvalue weighted by molar-refractivity contribution is 5.24. The van der Waals surface area contributed by atoms with Crippen LogP contribution in [0.15, 0.2) is 36.5 Å². The quantitative estimate of drug-likeness (QED) is 0.794. The molecule has 1 aromatic heterocycles. The van der Waals surface area contributed by atoms with Crippen LogP contribution in [0.25, 0.3) is 0 Å². The molecule has 2 unspecified atom stereocenters. The van der Waals surface area contributed by atoms with Crippen molar-refractivity contribution in [1.82, 2.24) is 9.88 Å². The molecule has 1 aromatic carbocycles. The second-order valence-corrected chi connectivity index (χ2v) is 7.88. The van der Waals surface area contributed by atoms with Crippen molar-refractivity contribution >= 4 is 0 Å². The predicted molar refractivity (Wildman–Crippen MR) is 99.2 cm³/mol. The van der Waals surface area contributed by atoms with Gasteiger partial charge in [-0.1, -0.05) is 0 Å². The van der Waals surface area contributed by atoms with E-state index in [1.807, 2.05) is 0 Å². The van der Waals surface area contributed by atoms with Crippen molar-refractivity contribution < 1.29 is 23.7 Å². The van der Waals surface area contributed by atoms with Gasteiger partial charge in [0.25, 0.3) is 0 Å². The summed E-state index contributed by atoms with van der Waals surface area (Å²) in [5.74, 6) is -0.0271. The predicted octanol–water partition coefficient (Wildman–Crippen LogP) is 2.93. The highest BCUT2D eigenvalue weighted by Gasteiger charge is 2.42. The highest BCUT2D eigenvalue weighted by atomic mass is 19.1. The molecular formula is C21H24F2N2O3. The van der Waals surface area contributed by atoms with Crippen LogP contribution in [0.3, 0.4) is 0 Å². The van der Waals surface area contributed by atoms with E-state index in [2.05, 4.69) is 9.88 Å². The van der Waals surface area contributed by atoms with Crippen molar-refractivity contribution in [3.8, 4) is 11.5 Å². The Morgan fingerprint density at radius 1 is 1.11 bits per heavy atom. The largest absolute Gasteiger partial charge is 0.506 e. The summed E-state index contributed by atoms with van der Waals surface area (Å²) in [4.78, 5) is 6.55. The molecule has 1 aliphatic carbocycles. The minimum absolute atomic E-state index is 0.000476. The molecular weight excluding hydrogens is 366 g/mol. The van der Waals surface area contributed by atoms with Gasteiger partial charge in [-0.2, -0.15) is 0 Å². The molecule has 5 nitrogen and oxygen atoms in total. The van der Waals surface area contributed by atoms with Gasteiger partial charge in [0.2, 0.25) is 0 Å². The number of benzene rings is 1. The third-order valence-electron chi connectivity index (χ3n) is 5.81. The summed E-state index contributed by atoms with van der Waals surface area (Å²) in [5.41, 5.74) is 0.770. The lowest BCUT2D eigenvalue weighted by Gasteiger charge is -2.24. The van der Waals surface area contributed by atoms with E-state index in [4.69, 9.17) is 4.74 Å². The average molecular weight is 390 g/mol. The smallest absolute Gasteiger partial charge is 0.133 e. The first-order chi connectivity index (χ1) is 13.5. The van der Waals surface area contributed by atoms with Gasteiger partial charge in [-0.15, -0.1) is 0 Å². The third-order valence-corrected chi connectivity index (χ3v) is 5.81. The van der Waals surface area contributed by atoms with Gasteiger partial charge in [-0.05, 0) is 36.8 Å². The van der Waals surface area contributed by atoms with E-state index >= 15 is 0 Å². The van der Waals surface area contributed by atoms with Gasteiger partial charge in [0.1, 0.15) is 23.1 Å². The molecule has 0 spiro atoms. The number of aromatic nitrogens is 1. The van der Waals surface area contributed by atoms with Gasteiger partial charge in [0.05, 0.1) is 18.9 Å². The summed E-state index contributed by atoms with van der Waals surface area (Å²) < 4.78 is 32.5. The first kappa shape index (κ1) is 19.1. The highest BCUT2D eigenvalue weighted by Crippen LogP contribution is 2.40. The number of aliphatic hydroxyl groups is 1. The number of pyridine rings is 1. The first-order valence-electron chi connectivity index (χ1n) is 9.61. The van der Waals surface area contributed by atoms with E-state index in [0.717, 1.165) is 37.7 Å². The first-order valence-corrected chi connectivity index (χ1v) is 9.61. The maximum absolute atomic E-state index is 13.3. The van der Waals surface area contributed by atoms with Crippen LogP contribution in [0, 0.1) is 23.5 Å². The molecule has 0 bridgehead atoms. The van der Waals surface area contributed by atoms with Crippen LogP contribution >= 0.6 is 0 Å². The maximum Gasteiger partial charge on any atom is 0.133 e. The zero-order valence-corrected chi connectivity index (χ0v) is 15.5. The molecule has 2 N–H and O–H groups in total. The molecule has 0 amide bonds. The van der Waals surface area contributed by atoms with Crippen LogP contribution in [0.1, 0.15) is 24.5 Å². The molecule has 1 aliphatic heterocycles. The lowest BCUT2D eigenvalue weighted by atomic mass is 10.0. The van der Waals surface area contributed by atoms with Crippen LogP contribution in [-0.2, 0) is 0 Å². The minimum atomic E-state index is -0.628. The molecule has 1 saturated carbocycles. The summed E-state index contributed by atoms with van der Waals surface area (Å²) >= 11 is 0.